The zero-order valence-electron chi connectivity index (χ0n) is 12.6. The van der Waals surface area contributed by atoms with Gasteiger partial charge in [0.2, 0.25) is 5.82 Å². The van der Waals surface area contributed by atoms with Gasteiger partial charge in [-0.25, -0.2) is 14.8 Å². The summed E-state index contributed by atoms with van der Waals surface area (Å²) >= 11 is 0. The van der Waals surface area contributed by atoms with Crippen molar-refractivity contribution in [2.45, 2.75) is 26.6 Å². The van der Waals surface area contributed by atoms with Crippen molar-refractivity contribution in [2.75, 3.05) is 0 Å². The summed E-state index contributed by atoms with van der Waals surface area (Å²) in [5, 5.41) is 11.2. The van der Waals surface area contributed by atoms with Crippen LogP contribution in [0.25, 0.3) is 0 Å². The topological polar surface area (TPSA) is 105 Å². The van der Waals surface area contributed by atoms with Gasteiger partial charge in [0.1, 0.15) is 22.8 Å². The van der Waals surface area contributed by atoms with Crippen LogP contribution in [0.2, 0.25) is 0 Å². The lowest BCUT2D eigenvalue weighted by Crippen LogP contribution is -2.25. The number of carboxylic acids is 1. The summed E-state index contributed by atoms with van der Waals surface area (Å²) in [6.45, 7) is 2.55. The van der Waals surface area contributed by atoms with Crippen LogP contribution in [0.3, 0.4) is 0 Å². The van der Waals surface area contributed by atoms with Crippen LogP contribution in [0.4, 0.5) is 13.2 Å². The molecule has 0 saturated carbocycles. The summed E-state index contributed by atoms with van der Waals surface area (Å²) in [5.41, 5.74) is -0.516. The molecule has 0 aliphatic carbocycles. The van der Waals surface area contributed by atoms with Gasteiger partial charge in [-0.3, -0.25) is 4.79 Å². The van der Waals surface area contributed by atoms with Gasteiger partial charge in [-0.05, 0) is 26.0 Å². The first-order chi connectivity index (χ1) is 11.1. The van der Waals surface area contributed by atoms with Crippen LogP contribution in [0, 0.1) is 13.8 Å². The van der Waals surface area contributed by atoms with E-state index < -0.39 is 29.6 Å². The van der Waals surface area contributed by atoms with Crippen LogP contribution in [0.15, 0.2) is 16.5 Å². The molecule has 0 aromatic carbocycles. The molecule has 2 heterocycles. The molecule has 7 nitrogen and oxygen atoms in total. The molecule has 128 valence electrons. The Morgan fingerprint density at radius 3 is 2.46 bits per heavy atom. The van der Waals surface area contributed by atoms with E-state index in [1.807, 2.05) is 0 Å². The Bertz CT molecular complexity index is 799. The van der Waals surface area contributed by atoms with Gasteiger partial charge in [-0.2, -0.15) is 13.2 Å². The molecular formula is C14H12F3N3O4. The van der Waals surface area contributed by atoms with Gasteiger partial charge in [0.25, 0.3) is 5.91 Å². The van der Waals surface area contributed by atoms with Crippen molar-refractivity contribution in [2.24, 2.45) is 0 Å². The van der Waals surface area contributed by atoms with Crippen LogP contribution in [-0.2, 0) is 12.7 Å². The average molecular weight is 343 g/mol. The number of carbonyl (C=O) groups excluding carboxylic acids is 1. The standard InChI is InChI=1S/C14H12F3N3O4/c1-6-3-10(20-13(19-6)14(15,16)17)11(21)18-5-8-4-9(12(22)23)7(2)24-8/h3-4H,5H2,1-2H3,(H,18,21)(H,22,23). The quantitative estimate of drug-likeness (QED) is 0.883. The number of hydrogen-bond donors (Lipinski definition) is 2. The Kier molecular flexibility index (Phi) is 4.58. The number of aryl methyl sites for hydroxylation is 2. The van der Waals surface area contributed by atoms with Gasteiger partial charge in [0.05, 0.1) is 6.54 Å². The van der Waals surface area contributed by atoms with Crippen LogP contribution in [-0.4, -0.2) is 27.0 Å². The molecule has 0 atom stereocenters. The maximum atomic E-state index is 12.7. The molecule has 0 fully saturated rings. The Balaban J connectivity index is 2.14. The number of rotatable bonds is 4. The lowest BCUT2D eigenvalue weighted by Gasteiger charge is -2.08. The molecule has 2 aromatic heterocycles. The highest BCUT2D eigenvalue weighted by Gasteiger charge is 2.35. The van der Waals surface area contributed by atoms with E-state index in [-0.39, 0.29) is 29.3 Å². The highest BCUT2D eigenvalue weighted by atomic mass is 19.4. The van der Waals surface area contributed by atoms with Crippen LogP contribution in [0.5, 0.6) is 0 Å². The van der Waals surface area contributed by atoms with Gasteiger partial charge in [0.15, 0.2) is 0 Å². The number of aromatic nitrogens is 2. The van der Waals surface area contributed by atoms with E-state index in [2.05, 4.69) is 15.3 Å². The second-order valence-electron chi connectivity index (χ2n) is 4.89. The van der Waals surface area contributed by atoms with E-state index >= 15 is 0 Å². The molecule has 2 aromatic rings. The number of aromatic carboxylic acids is 1. The van der Waals surface area contributed by atoms with Crippen molar-refractivity contribution in [1.29, 1.82) is 0 Å². The highest BCUT2D eigenvalue weighted by molar-refractivity contribution is 5.92. The van der Waals surface area contributed by atoms with Crippen molar-refractivity contribution in [1.82, 2.24) is 15.3 Å². The molecule has 0 saturated heterocycles. The number of furan rings is 1. The molecule has 0 bridgehead atoms. The van der Waals surface area contributed by atoms with Crippen LogP contribution >= 0.6 is 0 Å². The van der Waals surface area contributed by atoms with Gasteiger partial charge >= 0.3 is 12.1 Å². The minimum Gasteiger partial charge on any atom is -0.478 e. The number of carboxylic acid groups (broad SMARTS) is 1. The monoisotopic (exact) mass is 343 g/mol. The maximum Gasteiger partial charge on any atom is 0.451 e. The molecule has 0 radical (unpaired) electrons. The first-order valence-corrected chi connectivity index (χ1v) is 6.61. The molecule has 0 unspecified atom stereocenters. The van der Waals surface area contributed by atoms with E-state index in [1.54, 1.807) is 0 Å². The summed E-state index contributed by atoms with van der Waals surface area (Å²) in [5.74, 6) is -3.15. The number of nitrogens with zero attached hydrogens (tertiary/aromatic N) is 2. The molecule has 0 aliphatic rings. The van der Waals surface area contributed by atoms with E-state index in [0.717, 1.165) is 6.07 Å². The number of amides is 1. The smallest absolute Gasteiger partial charge is 0.451 e. The fourth-order valence-corrected chi connectivity index (χ4v) is 1.91. The van der Waals surface area contributed by atoms with Crippen molar-refractivity contribution >= 4 is 11.9 Å². The summed E-state index contributed by atoms with van der Waals surface area (Å²) in [7, 11) is 0. The fourth-order valence-electron chi connectivity index (χ4n) is 1.91. The molecule has 2 rings (SSSR count). The van der Waals surface area contributed by atoms with Crippen LogP contribution in [0.1, 0.15) is 43.9 Å². The van der Waals surface area contributed by atoms with Crippen molar-refractivity contribution in [3.63, 3.8) is 0 Å². The van der Waals surface area contributed by atoms with Crippen molar-refractivity contribution < 1.29 is 32.3 Å². The van der Waals surface area contributed by atoms with E-state index in [1.165, 1.54) is 19.9 Å². The predicted octanol–water partition coefficient (Wildman–Crippen LogP) is 2.33. The summed E-state index contributed by atoms with van der Waals surface area (Å²) in [6.07, 6.45) is -4.77. The second kappa shape index (κ2) is 6.30. The summed E-state index contributed by atoms with van der Waals surface area (Å²) in [4.78, 5) is 29.3. The van der Waals surface area contributed by atoms with Gasteiger partial charge in [0, 0.05) is 5.69 Å². The summed E-state index contributed by atoms with van der Waals surface area (Å²) < 4.78 is 43.1. The lowest BCUT2D eigenvalue weighted by atomic mass is 10.2. The normalized spacial score (nSPS) is 11.4. The third-order valence-corrected chi connectivity index (χ3v) is 2.96. The lowest BCUT2D eigenvalue weighted by molar-refractivity contribution is -0.145. The molecule has 2 N–H and O–H groups in total. The maximum absolute atomic E-state index is 12.7. The zero-order valence-corrected chi connectivity index (χ0v) is 12.6. The van der Waals surface area contributed by atoms with Crippen molar-refractivity contribution in [3.05, 3.63) is 46.4 Å². The molecule has 24 heavy (non-hydrogen) atoms. The Labute approximate surface area is 133 Å². The van der Waals surface area contributed by atoms with Crippen molar-refractivity contribution in [3.8, 4) is 0 Å². The molecular weight excluding hydrogens is 331 g/mol. The van der Waals surface area contributed by atoms with Gasteiger partial charge in [-0.1, -0.05) is 0 Å². The second-order valence-corrected chi connectivity index (χ2v) is 4.89. The molecule has 0 aliphatic heterocycles. The SMILES string of the molecule is Cc1cc(C(=O)NCc2cc(C(=O)O)c(C)o2)nc(C(F)(F)F)n1. The Morgan fingerprint density at radius 1 is 1.25 bits per heavy atom. The van der Waals surface area contributed by atoms with Gasteiger partial charge < -0.3 is 14.8 Å². The fraction of sp³-hybridized carbons (Fsp3) is 0.286. The summed E-state index contributed by atoms with van der Waals surface area (Å²) in [6, 6.07) is 2.34. The number of nitrogens with one attached hydrogen (secondary N) is 1. The third-order valence-electron chi connectivity index (χ3n) is 2.96. The number of hydrogen-bond acceptors (Lipinski definition) is 5. The zero-order chi connectivity index (χ0) is 18.1. The number of alkyl halides is 3. The Hall–Kier alpha value is -2.91. The average Bonchev–Trinajstić information content (AvgIpc) is 2.84. The largest absolute Gasteiger partial charge is 0.478 e. The predicted molar refractivity (Wildman–Crippen MR) is 73.3 cm³/mol. The molecule has 0 spiro atoms. The van der Waals surface area contributed by atoms with Crippen LogP contribution < -0.4 is 5.32 Å². The van der Waals surface area contributed by atoms with E-state index in [9.17, 15) is 22.8 Å². The van der Waals surface area contributed by atoms with E-state index in [4.69, 9.17) is 9.52 Å². The highest BCUT2D eigenvalue weighted by Crippen LogP contribution is 2.26. The number of carbonyl (C=O) groups is 2. The number of halogens is 3. The third kappa shape index (κ3) is 3.89. The minimum absolute atomic E-state index is 0.00974. The van der Waals surface area contributed by atoms with E-state index in [0.29, 0.717) is 0 Å². The first kappa shape index (κ1) is 17.4. The molecule has 1 amide bonds. The minimum atomic E-state index is -4.77. The Morgan fingerprint density at radius 2 is 1.92 bits per heavy atom. The molecule has 10 heteroatoms. The first-order valence-electron chi connectivity index (χ1n) is 6.61. The van der Waals surface area contributed by atoms with Gasteiger partial charge in [-0.15, -0.1) is 0 Å².